The van der Waals surface area contributed by atoms with E-state index < -0.39 is 0 Å². The molecule has 0 atom stereocenters. The van der Waals surface area contributed by atoms with E-state index in [1.807, 2.05) is 20.8 Å². The van der Waals surface area contributed by atoms with Crippen LogP contribution in [0.1, 0.15) is 32.2 Å². The predicted molar refractivity (Wildman–Crippen MR) is 79.6 cm³/mol. The molecule has 0 saturated carbocycles. The molecule has 0 bridgehead atoms. The van der Waals surface area contributed by atoms with Gasteiger partial charge >= 0.3 is 0 Å². The van der Waals surface area contributed by atoms with Crippen LogP contribution in [-0.4, -0.2) is 9.97 Å². The molecule has 0 aliphatic heterocycles. The van der Waals surface area contributed by atoms with Crippen molar-refractivity contribution in [2.24, 2.45) is 0 Å². The third kappa shape index (κ3) is 3.33. The van der Waals surface area contributed by atoms with E-state index in [4.69, 9.17) is 4.74 Å². The summed E-state index contributed by atoms with van der Waals surface area (Å²) < 4.78 is 19.5. The van der Waals surface area contributed by atoms with E-state index in [2.05, 4.69) is 25.9 Å². The summed E-state index contributed by atoms with van der Waals surface area (Å²) in [6, 6.07) is 4.38. The van der Waals surface area contributed by atoms with Crippen molar-refractivity contribution in [2.45, 2.75) is 33.1 Å². The van der Waals surface area contributed by atoms with Gasteiger partial charge in [0.2, 0.25) is 5.88 Å². The highest BCUT2D eigenvalue weighted by molar-refractivity contribution is 9.10. The number of hydrogen-bond donors (Lipinski definition) is 0. The van der Waals surface area contributed by atoms with Crippen LogP contribution in [-0.2, 0) is 5.41 Å². The van der Waals surface area contributed by atoms with Gasteiger partial charge in [0.15, 0.2) is 0 Å². The monoisotopic (exact) mass is 338 g/mol. The second-order valence-corrected chi connectivity index (χ2v) is 6.46. The Morgan fingerprint density at radius 2 is 1.95 bits per heavy atom. The van der Waals surface area contributed by atoms with Crippen LogP contribution in [0.25, 0.3) is 0 Å². The van der Waals surface area contributed by atoms with Crippen molar-refractivity contribution < 1.29 is 9.13 Å². The fourth-order valence-electron chi connectivity index (χ4n) is 1.62. The largest absolute Gasteiger partial charge is 0.437 e. The van der Waals surface area contributed by atoms with Crippen molar-refractivity contribution in [2.75, 3.05) is 0 Å². The Morgan fingerprint density at radius 1 is 1.25 bits per heavy atom. The van der Waals surface area contributed by atoms with Crippen LogP contribution in [0.4, 0.5) is 4.39 Å². The summed E-state index contributed by atoms with van der Waals surface area (Å²) in [5.74, 6) is 1.41. The molecular formula is C15H16BrFN2O. The van der Waals surface area contributed by atoms with E-state index in [1.165, 1.54) is 12.1 Å². The molecule has 20 heavy (non-hydrogen) atoms. The van der Waals surface area contributed by atoms with Gasteiger partial charge in [0.25, 0.3) is 0 Å². The van der Waals surface area contributed by atoms with E-state index in [1.54, 1.807) is 19.2 Å². The second-order valence-electron chi connectivity index (χ2n) is 5.61. The van der Waals surface area contributed by atoms with Gasteiger partial charge in [0, 0.05) is 11.6 Å². The highest BCUT2D eigenvalue weighted by Crippen LogP contribution is 2.31. The molecule has 1 aromatic heterocycles. The summed E-state index contributed by atoms with van der Waals surface area (Å²) in [4.78, 5) is 8.72. The molecule has 0 aliphatic rings. The topological polar surface area (TPSA) is 35.0 Å². The number of aryl methyl sites for hydroxylation is 1. The quantitative estimate of drug-likeness (QED) is 0.790. The van der Waals surface area contributed by atoms with Crippen LogP contribution in [0.5, 0.6) is 11.6 Å². The summed E-state index contributed by atoms with van der Waals surface area (Å²) in [6.07, 6.45) is 1.67. The molecule has 0 fully saturated rings. The van der Waals surface area contributed by atoms with Gasteiger partial charge in [-0.15, -0.1) is 0 Å². The van der Waals surface area contributed by atoms with Crippen molar-refractivity contribution in [3.63, 3.8) is 0 Å². The Kier molecular flexibility index (Phi) is 4.09. The first-order valence-electron chi connectivity index (χ1n) is 6.24. The Labute approximate surface area is 126 Å². The average Bonchev–Trinajstić information content (AvgIpc) is 2.33. The number of hydrogen-bond acceptors (Lipinski definition) is 3. The minimum absolute atomic E-state index is 0.170. The normalized spacial score (nSPS) is 11.5. The Hall–Kier alpha value is -1.49. The van der Waals surface area contributed by atoms with Crippen molar-refractivity contribution in [3.05, 3.63) is 46.1 Å². The van der Waals surface area contributed by atoms with Crippen LogP contribution in [0.3, 0.4) is 0 Å². The highest BCUT2D eigenvalue weighted by Gasteiger charge is 2.19. The maximum Gasteiger partial charge on any atom is 0.236 e. The molecule has 2 aromatic rings. The molecule has 0 aliphatic carbocycles. The van der Waals surface area contributed by atoms with Gasteiger partial charge in [-0.3, -0.25) is 0 Å². The molecule has 0 unspecified atom stereocenters. The van der Waals surface area contributed by atoms with Crippen LogP contribution in [0.2, 0.25) is 0 Å². The van der Waals surface area contributed by atoms with E-state index in [0.29, 0.717) is 27.5 Å². The molecule has 0 radical (unpaired) electrons. The van der Waals surface area contributed by atoms with Crippen LogP contribution in [0.15, 0.2) is 28.9 Å². The van der Waals surface area contributed by atoms with Gasteiger partial charge in [0.1, 0.15) is 17.4 Å². The third-order valence-corrected chi connectivity index (χ3v) is 3.27. The molecule has 3 nitrogen and oxygen atoms in total. The van der Waals surface area contributed by atoms with Crippen LogP contribution < -0.4 is 4.74 Å². The fourth-order valence-corrected chi connectivity index (χ4v) is 1.89. The third-order valence-electron chi connectivity index (χ3n) is 2.73. The zero-order chi connectivity index (χ0) is 14.9. The average molecular weight is 339 g/mol. The number of aromatic nitrogens is 2. The molecule has 0 N–H and O–H groups in total. The lowest BCUT2D eigenvalue weighted by molar-refractivity contribution is 0.438. The first-order valence-corrected chi connectivity index (χ1v) is 7.03. The lowest BCUT2D eigenvalue weighted by Gasteiger charge is -2.18. The lowest BCUT2D eigenvalue weighted by atomic mass is 9.96. The summed E-state index contributed by atoms with van der Waals surface area (Å²) in [7, 11) is 0. The number of halogens is 2. The standard InChI is InChI=1S/C15H16BrFN2O/c1-9-7-10(17)5-6-12(9)20-13-11(16)8-18-14(19-13)15(2,3)4/h5-8H,1-4H3. The van der Waals surface area contributed by atoms with Crippen LogP contribution >= 0.6 is 15.9 Å². The smallest absolute Gasteiger partial charge is 0.236 e. The van der Waals surface area contributed by atoms with Crippen LogP contribution in [0, 0.1) is 12.7 Å². The molecular weight excluding hydrogens is 323 g/mol. The predicted octanol–water partition coefficient (Wildman–Crippen LogP) is 4.78. The first kappa shape index (κ1) is 14.9. The van der Waals surface area contributed by atoms with E-state index in [9.17, 15) is 4.39 Å². The summed E-state index contributed by atoms with van der Waals surface area (Å²) in [5, 5.41) is 0. The molecule has 106 valence electrons. The fraction of sp³-hybridized carbons (Fsp3) is 0.333. The highest BCUT2D eigenvalue weighted by atomic mass is 79.9. The van der Waals surface area contributed by atoms with Gasteiger partial charge in [-0.25, -0.2) is 9.37 Å². The molecule has 1 aromatic carbocycles. The minimum Gasteiger partial charge on any atom is -0.437 e. The lowest BCUT2D eigenvalue weighted by Crippen LogP contribution is -2.16. The van der Waals surface area contributed by atoms with Gasteiger partial charge in [0.05, 0.1) is 4.47 Å². The van der Waals surface area contributed by atoms with Crippen molar-refractivity contribution in [1.29, 1.82) is 0 Å². The maximum atomic E-state index is 13.1. The Bertz CT molecular complexity index is 638. The molecule has 1 heterocycles. The maximum absolute atomic E-state index is 13.1. The molecule has 2 rings (SSSR count). The van der Waals surface area contributed by atoms with Gasteiger partial charge in [-0.1, -0.05) is 20.8 Å². The minimum atomic E-state index is -0.285. The summed E-state index contributed by atoms with van der Waals surface area (Å²) in [5.41, 5.74) is 0.546. The molecule has 0 amide bonds. The van der Waals surface area contributed by atoms with E-state index >= 15 is 0 Å². The number of nitrogens with zero attached hydrogens (tertiary/aromatic N) is 2. The SMILES string of the molecule is Cc1cc(F)ccc1Oc1nc(C(C)(C)C)ncc1Br. The summed E-state index contributed by atoms with van der Waals surface area (Å²) in [6.45, 7) is 7.88. The second kappa shape index (κ2) is 5.48. The number of rotatable bonds is 2. The Morgan fingerprint density at radius 3 is 2.55 bits per heavy atom. The Balaban J connectivity index is 2.38. The van der Waals surface area contributed by atoms with Gasteiger partial charge in [-0.2, -0.15) is 4.98 Å². The van der Waals surface area contributed by atoms with Gasteiger partial charge in [-0.05, 0) is 46.6 Å². The summed E-state index contributed by atoms with van der Waals surface area (Å²) >= 11 is 3.37. The molecule has 0 spiro atoms. The van der Waals surface area contributed by atoms with E-state index in [0.717, 1.165) is 0 Å². The zero-order valence-corrected chi connectivity index (χ0v) is 13.5. The zero-order valence-electron chi connectivity index (χ0n) is 11.9. The van der Waals surface area contributed by atoms with Gasteiger partial charge < -0.3 is 4.74 Å². The number of ether oxygens (including phenoxy) is 1. The van der Waals surface area contributed by atoms with Crippen molar-refractivity contribution in [1.82, 2.24) is 9.97 Å². The molecule has 0 saturated heterocycles. The van der Waals surface area contributed by atoms with E-state index in [-0.39, 0.29) is 11.2 Å². The number of benzene rings is 1. The van der Waals surface area contributed by atoms with Crippen molar-refractivity contribution in [3.8, 4) is 11.6 Å². The first-order chi connectivity index (χ1) is 9.27. The van der Waals surface area contributed by atoms with Crippen molar-refractivity contribution >= 4 is 15.9 Å². The molecule has 5 heteroatoms.